The Balaban J connectivity index is 2.30. The number of nitrogen functional groups attached to an aromatic ring is 1. The van der Waals surface area contributed by atoms with Crippen LogP contribution in [0.25, 0.3) is 0 Å². The summed E-state index contributed by atoms with van der Waals surface area (Å²) in [5.74, 6) is 0. The molecule has 24 heavy (non-hydrogen) atoms. The summed E-state index contributed by atoms with van der Waals surface area (Å²) in [5.41, 5.74) is 10.7. The molecule has 3 nitrogen and oxygen atoms in total. The minimum atomic E-state index is -0.230. The first kappa shape index (κ1) is 16.8. The number of halogens is 1. The van der Waals surface area contributed by atoms with Crippen molar-refractivity contribution in [3.05, 3.63) is 58.6 Å². The van der Waals surface area contributed by atoms with E-state index in [1.807, 2.05) is 36.4 Å². The van der Waals surface area contributed by atoms with E-state index in [4.69, 9.17) is 22.3 Å². The van der Waals surface area contributed by atoms with E-state index in [0.29, 0.717) is 11.1 Å². The number of benzodiazepines with no additional fused rings is 1. The summed E-state index contributed by atoms with van der Waals surface area (Å²) < 4.78 is 0. The third kappa shape index (κ3) is 3.13. The molecule has 2 aromatic carbocycles. The molecule has 0 aromatic heterocycles. The Morgan fingerprint density at radius 1 is 1.12 bits per heavy atom. The van der Waals surface area contributed by atoms with Crippen LogP contribution in [0.15, 0.2) is 47.5 Å². The molecule has 126 valence electrons. The fourth-order valence-corrected chi connectivity index (χ4v) is 3.44. The van der Waals surface area contributed by atoms with E-state index in [1.54, 1.807) is 0 Å². The van der Waals surface area contributed by atoms with Crippen LogP contribution in [0, 0.1) is 0 Å². The van der Waals surface area contributed by atoms with Crippen molar-refractivity contribution < 1.29 is 0 Å². The molecular formula is C20H24ClN3. The molecule has 0 saturated heterocycles. The van der Waals surface area contributed by atoms with E-state index in [2.05, 4.69) is 38.7 Å². The van der Waals surface area contributed by atoms with Crippen molar-refractivity contribution >= 4 is 28.7 Å². The Hall–Kier alpha value is -2.00. The van der Waals surface area contributed by atoms with Crippen molar-refractivity contribution in [3.63, 3.8) is 0 Å². The van der Waals surface area contributed by atoms with Crippen molar-refractivity contribution in [2.75, 3.05) is 17.2 Å². The van der Waals surface area contributed by atoms with E-state index in [-0.39, 0.29) is 5.54 Å². The zero-order valence-corrected chi connectivity index (χ0v) is 15.4. The van der Waals surface area contributed by atoms with Crippen LogP contribution in [-0.2, 0) is 0 Å². The monoisotopic (exact) mass is 341 g/mol. The number of aliphatic imine (C=N–C) groups is 1. The second kappa shape index (κ2) is 6.14. The van der Waals surface area contributed by atoms with Gasteiger partial charge in [0.1, 0.15) is 0 Å². The predicted octanol–water partition coefficient (Wildman–Crippen LogP) is 4.77. The number of hydrogen-bond acceptors (Lipinski definition) is 3. The maximum Gasteiger partial charge on any atom is 0.0762 e. The fourth-order valence-electron chi connectivity index (χ4n) is 3.21. The number of fused-ring (bicyclic) bond motifs is 1. The fraction of sp³-hybridized carbons (Fsp3) is 0.350. The Bertz CT molecular complexity index is 793. The van der Waals surface area contributed by atoms with Gasteiger partial charge in [0.25, 0.3) is 0 Å². The summed E-state index contributed by atoms with van der Waals surface area (Å²) in [5, 5.41) is 0.707. The highest BCUT2D eigenvalue weighted by Crippen LogP contribution is 2.35. The molecule has 2 N–H and O–H groups in total. The lowest BCUT2D eigenvalue weighted by Gasteiger charge is -2.33. The zero-order chi connectivity index (χ0) is 17.5. The predicted molar refractivity (Wildman–Crippen MR) is 105 cm³/mol. The molecular weight excluding hydrogens is 318 g/mol. The molecule has 1 aliphatic rings. The van der Waals surface area contributed by atoms with Gasteiger partial charge in [-0.05, 0) is 52.0 Å². The number of anilines is 2. The highest BCUT2D eigenvalue weighted by atomic mass is 35.5. The minimum absolute atomic E-state index is 0.230. The Kier molecular flexibility index (Phi) is 4.31. The molecule has 0 saturated carbocycles. The third-order valence-corrected chi connectivity index (χ3v) is 4.64. The Morgan fingerprint density at radius 2 is 1.83 bits per heavy atom. The van der Waals surface area contributed by atoms with Gasteiger partial charge in [0.2, 0.25) is 0 Å². The number of nitrogens with zero attached hydrogens (tertiary/aromatic N) is 2. The van der Waals surface area contributed by atoms with Crippen molar-refractivity contribution in [1.29, 1.82) is 0 Å². The SMILES string of the molecule is CC(C)N1CC(C)(C)N=C(c2ccccc2Cl)c2cc(N)ccc21. The Labute approximate surface area is 149 Å². The zero-order valence-electron chi connectivity index (χ0n) is 14.7. The van der Waals surface area contributed by atoms with Crippen LogP contribution in [0.4, 0.5) is 11.4 Å². The summed E-state index contributed by atoms with van der Waals surface area (Å²) in [7, 11) is 0. The van der Waals surface area contributed by atoms with Crippen LogP contribution in [0.2, 0.25) is 5.02 Å². The van der Waals surface area contributed by atoms with Gasteiger partial charge in [0, 0.05) is 40.1 Å². The standard InChI is InChI=1S/C20H24ClN3/c1-13(2)24-12-20(3,4)23-19(15-7-5-6-8-17(15)21)16-11-14(22)9-10-18(16)24/h5-11,13H,12,22H2,1-4H3. The molecule has 1 heterocycles. The van der Waals surface area contributed by atoms with Gasteiger partial charge >= 0.3 is 0 Å². The largest absolute Gasteiger partial charge is 0.399 e. The third-order valence-electron chi connectivity index (χ3n) is 4.31. The van der Waals surface area contributed by atoms with Gasteiger partial charge in [-0.1, -0.05) is 29.8 Å². The van der Waals surface area contributed by atoms with Gasteiger partial charge < -0.3 is 10.6 Å². The topological polar surface area (TPSA) is 41.6 Å². The lowest BCUT2D eigenvalue weighted by atomic mass is 9.99. The number of rotatable bonds is 2. The molecule has 2 aromatic rings. The number of nitrogens with two attached hydrogens (primary N) is 1. The quantitative estimate of drug-likeness (QED) is 0.799. The van der Waals surface area contributed by atoms with Gasteiger partial charge in [-0.25, -0.2) is 0 Å². The molecule has 0 fully saturated rings. The minimum Gasteiger partial charge on any atom is -0.399 e. The van der Waals surface area contributed by atoms with E-state index in [9.17, 15) is 0 Å². The molecule has 4 heteroatoms. The lowest BCUT2D eigenvalue weighted by Crippen LogP contribution is -2.41. The van der Waals surface area contributed by atoms with Gasteiger partial charge in [-0.3, -0.25) is 4.99 Å². The van der Waals surface area contributed by atoms with Crippen LogP contribution < -0.4 is 10.6 Å². The number of hydrogen-bond donors (Lipinski definition) is 1. The number of benzene rings is 2. The van der Waals surface area contributed by atoms with Crippen LogP contribution >= 0.6 is 11.6 Å². The molecule has 0 bridgehead atoms. The van der Waals surface area contributed by atoms with Crippen molar-refractivity contribution in [3.8, 4) is 0 Å². The summed E-state index contributed by atoms with van der Waals surface area (Å²) >= 11 is 6.48. The lowest BCUT2D eigenvalue weighted by molar-refractivity contribution is 0.493. The maximum absolute atomic E-state index is 6.48. The maximum atomic E-state index is 6.48. The van der Waals surface area contributed by atoms with E-state index in [1.165, 1.54) is 0 Å². The van der Waals surface area contributed by atoms with Gasteiger partial charge in [-0.2, -0.15) is 0 Å². The average molecular weight is 342 g/mol. The average Bonchev–Trinajstić information content (AvgIpc) is 2.62. The molecule has 0 atom stereocenters. The van der Waals surface area contributed by atoms with Gasteiger partial charge in [-0.15, -0.1) is 0 Å². The molecule has 0 amide bonds. The van der Waals surface area contributed by atoms with E-state index in [0.717, 1.165) is 34.8 Å². The smallest absolute Gasteiger partial charge is 0.0762 e. The van der Waals surface area contributed by atoms with Crippen LogP contribution in [0.3, 0.4) is 0 Å². The second-order valence-corrected chi connectivity index (χ2v) is 7.66. The Morgan fingerprint density at radius 3 is 2.50 bits per heavy atom. The van der Waals surface area contributed by atoms with Gasteiger partial charge in [0.05, 0.1) is 11.3 Å². The normalized spacial score (nSPS) is 16.6. The summed E-state index contributed by atoms with van der Waals surface area (Å²) in [4.78, 5) is 7.48. The molecule has 3 rings (SSSR count). The van der Waals surface area contributed by atoms with Crippen LogP contribution in [0.1, 0.15) is 38.8 Å². The molecule has 1 aliphatic heterocycles. The van der Waals surface area contributed by atoms with Gasteiger partial charge in [0.15, 0.2) is 0 Å². The second-order valence-electron chi connectivity index (χ2n) is 7.25. The van der Waals surface area contributed by atoms with E-state index >= 15 is 0 Å². The molecule has 0 radical (unpaired) electrons. The van der Waals surface area contributed by atoms with Crippen molar-refractivity contribution in [2.45, 2.75) is 39.3 Å². The summed E-state index contributed by atoms with van der Waals surface area (Å²) in [6.07, 6.45) is 0. The van der Waals surface area contributed by atoms with Crippen molar-refractivity contribution in [1.82, 2.24) is 0 Å². The summed E-state index contributed by atoms with van der Waals surface area (Å²) in [6, 6.07) is 14.3. The first-order chi connectivity index (χ1) is 11.3. The summed E-state index contributed by atoms with van der Waals surface area (Å²) in [6.45, 7) is 9.58. The van der Waals surface area contributed by atoms with Crippen LogP contribution in [-0.4, -0.2) is 23.8 Å². The first-order valence-electron chi connectivity index (χ1n) is 8.30. The molecule has 0 unspecified atom stereocenters. The van der Waals surface area contributed by atoms with Crippen molar-refractivity contribution in [2.24, 2.45) is 4.99 Å². The molecule has 0 aliphatic carbocycles. The van der Waals surface area contributed by atoms with E-state index < -0.39 is 0 Å². The highest BCUT2D eigenvalue weighted by Gasteiger charge is 2.31. The van der Waals surface area contributed by atoms with Crippen LogP contribution in [0.5, 0.6) is 0 Å². The highest BCUT2D eigenvalue weighted by molar-refractivity contribution is 6.36. The molecule has 0 spiro atoms. The first-order valence-corrected chi connectivity index (χ1v) is 8.67.